The lowest BCUT2D eigenvalue weighted by Gasteiger charge is -2.44. The molecule has 0 saturated carbocycles. The third kappa shape index (κ3) is 3.29. The summed E-state index contributed by atoms with van der Waals surface area (Å²) in [7, 11) is 0. The monoisotopic (exact) mass is 296 g/mol. The van der Waals surface area contributed by atoms with E-state index >= 15 is 0 Å². The first-order valence-corrected chi connectivity index (χ1v) is 6.47. The van der Waals surface area contributed by atoms with Gasteiger partial charge in [0.05, 0.1) is 13.1 Å². The number of aromatic carboxylic acids is 1. The van der Waals surface area contributed by atoms with Crippen LogP contribution in [0.5, 0.6) is 0 Å². The van der Waals surface area contributed by atoms with E-state index in [4.69, 9.17) is 9.84 Å². The number of amides is 1. The third-order valence-electron chi connectivity index (χ3n) is 3.03. The number of carbonyl (C=O) groups is 2. The molecule has 1 N–H and O–H groups in total. The molecule has 1 amide bonds. The Morgan fingerprint density at radius 1 is 1.38 bits per heavy atom. The number of carboxylic acids is 1. The van der Waals surface area contributed by atoms with E-state index in [9.17, 15) is 14.0 Å². The lowest BCUT2D eigenvalue weighted by molar-refractivity contribution is -0.0539. The van der Waals surface area contributed by atoms with E-state index in [1.165, 1.54) is 23.2 Å². The van der Waals surface area contributed by atoms with Gasteiger partial charge < -0.3 is 14.7 Å². The largest absolute Gasteiger partial charge is 0.477 e. The minimum absolute atomic E-state index is 0.129. The molecule has 0 spiro atoms. The van der Waals surface area contributed by atoms with E-state index in [-0.39, 0.29) is 24.3 Å². The van der Waals surface area contributed by atoms with Gasteiger partial charge in [-0.25, -0.2) is 19.0 Å². The summed E-state index contributed by atoms with van der Waals surface area (Å²) in [6.45, 7) is 4.96. The summed E-state index contributed by atoms with van der Waals surface area (Å²) in [6, 6.07) is 2.62. The normalized spacial score (nSPS) is 17.0. The topological polar surface area (TPSA) is 79.7 Å². The maximum absolute atomic E-state index is 14.6. The number of hydrogen-bond donors (Lipinski definition) is 1. The van der Waals surface area contributed by atoms with Crippen molar-refractivity contribution in [2.75, 3.05) is 13.1 Å². The smallest absolute Gasteiger partial charge is 0.410 e. The zero-order valence-electron chi connectivity index (χ0n) is 12.1. The second-order valence-corrected chi connectivity index (χ2v) is 6.04. The van der Waals surface area contributed by atoms with Gasteiger partial charge in [0, 0.05) is 11.8 Å². The molecule has 0 radical (unpaired) electrons. The Kier molecular flexibility index (Phi) is 3.61. The van der Waals surface area contributed by atoms with Crippen LogP contribution in [0.3, 0.4) is 0 Å². The van der Waals surface area contributed by atoms with E-state index in [0.717, 1.165) is 0 Å². The van der Waals surface area contributed by atoms with Crippen LogP contribution < -0.4 is 0 Å². The van der Waals surface area contributed by atoms with Gasteiger partial charge in [0.1, 0.15) is 11.3 Å². The number of rotatable bonds is 2. The van der Waals surface area contributed by atoms with Gasteiger partial charge in [-0.15, -0.1) is 0 Å². The van der Waals surface area contributed by atoms with Gasteiger partial charge in [-0.05, 0) is 26.8 Å². The maximum atomic E-state index is 14.6. The average Bonchev–Trinajstić information content (AvgIpc) is 2.33. The highest BCUT2D eigenvalue weighted by Crippen LogP contribution is 2.36. The Morgan fingerprint density at radius 3 is 2.43 bits per heavy atom. The minimum Gasteiger partial charge on any atom is -0.477 e. The van der Waals surface area contributed by atoms with E-state index < -0.39 is 23.3 Å². The molecular formula is C14H17FN2O4. The molecule has 0 bridgehead atoms. The summed E-state index contributed by atoms with van der Waals surface area (Å²) in [5.74, 6) is -1.17. The molecule has 0 aromatic carbocycles. The fraction of sp³-hybridized carbons (Fsp3) is 0.500. The number of pyridine rings is 1. The van der Waals surface area contributed by atoms with Crippen LogP contribution in [0, 0.1) is 0 Å². The average molecular weight is 296 g/mol. The van der Waals surface area contributed by atoms with Gasteiger partial charge >= 0.3 is 12.1 Å². The van der Waals surface area contributed by atoms with Crippen molar-refractivity contribution < 1.29 is 23.8 Å². The summed E-state index contributed by atoms with van der Waals surface area (Å²) in [6.07, 6.45) is 0.626. The Balaban J connectivity index is 2.01. The summed E-state index contributed by atoms with van der Waals surface area (Å²) >= 11 is 0. The second kappa shape index (κ2) is 4.98. The van der Waals surface area contributed by atoms with Crippen LogP contribution >= 0.6 is 0 Å². The highest BCUT2D eigenvalue weighted by atomic mass is 19.1. The van der Waals surface area contributed by atoms with Gasteiger partial charge in [-0.2, -0.15) is 0 Å². The van der Waals surface area contributed by atoms with Crippen molar-refractivity contribution in [1.29, 1.82) is 0 Å². The Labute approximate surface area is 121 Å². The predicted molar refractivity (Wildman–Crippen MR) is 71.8 cm³/mol. The number of ether oxygens (including phenoxy) is 1. The quantitative estimate of drug-likeness (QED) is 0.905. The number of likely N-dealkylation sites (tertiary alicyclic amines) is 1. The van der Waals surface area contributed by atoms with Crippen LogP contribution in [0.4, 0.5) is 9.18 Å². The van der Waals surface area contributed by atoms with E-state index in [0.29, 0.717) is 0 Å². The molecule has 1 saturated heterocycles. The highest BCUT2D eigenvalue weighted by molar-refractivity contribution is 5.85. The van der Waals surface area contributed by atoms with Gasteiger partial charge in [-0.1, -0.05) is 6.07 Å². The number of alkyl halides is 1. The molecule has 114 valence electrons. The van der Waals surface area contributed by atoms with Crippen molar-refractivity contribution in [2.45, 2.75) is 32.0 Å². The molecule has 0 unspecified atom stereocenters. The van der Waals surface area contributed by atoms with Crippen molar-refractivity contribution in [3.05, 3.63) is 29.6 Å². The summed E-state index contributed by atoms with van der Waals surface area (Å²) in [4.78, 5) is 27.4. The van der Waals surface area contributed by atoms with E-state index in [1.54, 1.807) is 20.8 Å². The first-order chi connectivity index (χ1) is 9.61. The van der Waals surface area contributed by atoms with Crippen LogP contribution in [0.15, 0.2) is 18.3 Å². The first kappa shape index (κ1) is 15.2. The fourth-order valence-electron chi connectivity index (χ4n) is 1.98. The summed E-state index contributed by atoms with van der Waals surface area (Å²) in [5, 5.41) is 8.75. The number of aromatic nitrogens is 1. The SMILES string of the molecule is CC(C)(C)OC(=O)N1CC(F)(c2ccc(C(=O)O)nc2)C1. The van der Waals surface area contributed by atoms with Crippen LogP contribution in [0.2, 0.25) is 0 Å². The first-order valence-electron chi connectivity index (χ1n) is 6.47. The van der Waals surface area contributed by atoms with Crippen molar-refractivity contribution in [3.8, 4) is 0 Å². The molecule has 6 nitrogen and oxygen atoms in total. The molecule has 0 atom stereocenters. The van der Waals surface area contributed by atoms with Crippen LogP contribution in [-0.4, -0.2) is 45.7 Å². The zero-order valence-corrected chi connectivity index (χ0v) is 12.1. The number of nitrogens with zero attached hydrogens (tertiary/aromatic N) is 2. The van der Waals surface area contributed by atoms with Crippen molar-refractivity contribution in [1.82, 2.24) is 9.88 Å². The lowest BCUT2D eigenvalue weighted by Crippen LogP contribution is -2.59. The standard InChI is InChI=1S/C14H17FN2O4/c1-13(2,3)21-12(20)17-7-14(15,8-17)9-4-5-10(11(18)19)16-6-9/h4-6H,7-8H2,1-3H3,(H,18,19). The molecule has 1 aliphatic rings. The van der Waals surface area contributed by atoms with Crippen molar-refractivity contribution in [2.24, 2.45) is 0 Å². The molecule has 1 aliphatic heterocycles. The predicted octanol–water partition coefficient (Wildman–Crippen LogP) is 2.20. The molecule has 21 heavy (non-hydrogen) atoms. The van der Waals surface area contributed by atoms with Crippen molar-refractivity contribution >= 4 is 12.1 Å². The number of hydrogen-bond acceptors (Lipinski definition) is 4. The lowest BCUT2D eigenvalue weighted by atomic mass is 9.89. The van der Waals surface area contributed by atoms with Crippen molar-refractivity contribution in [3.63, 3.8) is 0 Å². The van der Waals surface area contributed by atoms with Gasteiger partial charge in [0.2, 0.25) is 0 Å². The number of carboxylic acid groups (broad SMARTS) is 1. The zero-order chi connectivity index (χ0) is 15.8. The van der Waals surface area contributed by atoms with E-state index in [2.05, 4.69) is 4.98 Å². The Bertz CT molecular complexity index is 559. The van der Waals surface area contributed by atoms with Gasteiger partial charge in [0.15, 0.2) is 5.67 Å². The Morgan fingerprint density at radius 2 is 2.00 bits per heavy atom. The Hall–Kier alpha value is -2.18. The van der Waals surface area contributed by atoms with Crippen LogP contribution in [-0.2, 0) is 10.4 Å². The molecule has 1 aromatic heterocycles. The molecule has 7 heteroatoms. The highest BCUT2D eigenvalue weighted by Gasteiger charge is 2.48. The molecule has 1 aromatic rings. The molecular weight excluding hydrogens is 279 g/mol. The number of carbonyl (C=O) groups excluding carboxylic acids is 1. The van der Waals surface area contributed by atoms with Gasteiger partial charge in [-0.3, -0.25) is 0 Å². The molecule has 2 rings (SSSR count). The summed E-state index contributed by atoms with van der Waals surface area (Å²) in [5.41, 5.74) is -2.23. The fourth-order valence-corrected chi connectivity index (χ4v) is 1.98. The van der Waals surface area contributed by atoms with Crippen LogP contribution in [0.25, 0.3) is 0 Å². The van der Waals surface area contributed by atoms with Crippen LogP contribution in [0.1, 0.15) is 36.8 Å². The summed E-state index contributed by atoms with van der Waals surface area (Å²) < 4.78 is 19.7. The second-order valence-electron chi connectivity index (χ2n) is 6.04. The minimum atomic E-state index is -1.71. The molecule has 0 aliphatic carbocycles. The third-order valence-corrected chi connectivity index (χ3v) is 3.03. The molecule has 2 heterocycles. The molecule has 1 fully saturated rings. The maximum Gasteiger partial charge on any atom is 0.410 e. The van der Waals surface area contributed by atoms with E-state index in [1.807, 2.05) is 0 Å². The number of halogens is 1. The van der Waals surface area contributed by atoms with Gasteiger partial charge in [0.25, 0.3) is 0 Å².